The fourth-order valence-corrected chi connectivity index (χ4v) is 0.881. The van der Waals surface area contributed by atoms with Crippen molar-refractivity contribution in [2.45, 2.75) is 6.92 Å². The van der Waals surface area contributed by atoms with Crippen molar-refractivity contribution in [3.05, 3.63) is 36.8 Å². The third-order valence-corrected chi connectivity index (χ3v) is 1.44. The molecule has 52 valence electrons. The smallest absolute Gasteiger partial charge is 0.0369 e. The lowest BCUT2D eigenvalue weighted by molar-refractivity contribution is 1.30. The fraction of sp³-hybridized carbons (Fsp3) is 0.222. The van der Waals surface area contributed by atoms with Crippen LogP contribution in [0.25, 0.3) is 0 Å². The minimum atomic E-state index is 0.491. The summed E-state index contributed by atoms with van der Waals surface area (Å²) in [5.41, 5.74) is 2.35. The molecule has 0 saturated heterocycles. The second kappa shape index (κ2) is 3.25. The lowest BCUT2D eigenvalue weighted by atomic mass is 10.2. The number of hydrogen-bond acceptors (Lipinski definition) is 1. The summed E-state index contributed by atoms with van der Waals surface area (Å²) < 4.78 is 0. The molecule has 0 atom stereocenters. The Balaban J connectivity index is 2.81. The molecule has 1 aromatic carbocycles. The topological polar surface area (TPSA) is 12.0 Å². The third-order valence-electron chi connectivity index (χ3n) is 1.44. The first-order valence-electron chi connectivity index (χ1n) is 3.34. The predicted octanol–water partition coefficient (Wildman–Crippen LogP) is 2.12. The molecule has 2 radical (unpaired) electrons. The number of para-hydroxylation sites is 1. The van der Waals surface area contributed by atoms with Crippen LogP contribution >= 0.6 is 0 Å². The molecule has 1 N–H and O–H groups in total. The quantitative estimate of drug-likeness (QED) is 0.651. The Labute approximate surface area is 62.1 Å². The van der Waals surface area contributed by atoms with E-state index in [4.69, 9.17) is 6.92 Å². The highest BCUT2D eigenvalue weighted by atomic mass is 14.9. The van der Waals surface area contributed by atoms with E-state index in [-0.39, 0.29) is 0 Å². The van der Waals surface area contributed by atoms with E-state index in [0.29, 0.717) is 6.54 Å². The van der Waals surface area contributed by atoms with Crippen LogP contribution in [-0.2, 0) is 0 Å². The summed E-state index contributed by atoms with van der Waals surface area (Å²) in [4.78, 5) is 0. The summed E-state index contributed by atoms with van der Waals surface area (Å²) in [5, 5.41) is 3.05. The van der Waals surface area contributed by atoms with Crippen LogP contribution in [0.15, 0.2) is 24.3 Å². The van der Waals surface area contributed by atoms with E-state index in [1.165, 1.54) is 5.56 Å². The molecule has 0 saturated carbocycles. The molecule has 0 aliphatic rings. The number of benzene rings is 1. The zero-order chi connectivity index (χ0) is 7.40. The second-order valence-corrected chi connectivity index (χ2v) is 2.20. The molecule has 1 aromatic rings. The van der Waals surface area contributed by atoms with Crippen molar-refractivity contribution in [1.82, 2.24) is 0 Å². The van der Waals surface area contributed by atoms with Crippen molar-refractivity contribution in [2.75, 3.05) is 11.9 Å². The van der Waals surface area contributed by atoms with Gasteiger partial charge in [0.05, 0.1) is 0 Å². The van der Waals surface area contributed by atoms with Gasteiger partial charge >= 0.3 is 0 Å². The Bertz CT molecular complexity index is 206. The maximum atomic E-state index is 5.32. The number of rotatable bonds is 2. The standard InChI is InChI=1S/C9H11N/c1-3-10-9-7-5-4-6-8(9)2/h1,4-7,10H,3H2,2H3. The van der Waals surface area contributed by atoms with Crippen LogP contribution in [0.1, 0.15) is 5.56 Å². The van der Waals surface area contributed by atoms with E-state index >= 15 is 0 Å². The molecule has 0 spiro atoms. The third kappa shape index (κ3) is 1.50. The minimum absolute atomic E-state index is 0.491. The zero-order valence-corrected chi connectivity index (χ0v) is 6.09. The Hall–Kier alpha value is -0.980. The maximum Gasteiger partial charge on any atom is 0.0369 e. The van der Waals surface area contributed by atoms with Crippen molar-refractivity contribution in [2.24, 2.45) is 0 Å². The average Bonchev–Trinajstić information content (AvgIpc) is 1.94. The van der Waals surface area contributed by atoms with Crippen LogP contribution in [0.3, 0.4) is 0 Å². The Morgan fingerprint density at radius 1 is 1.40 bits per heavy atom. The second-order valence-electron chi connectivity index (χ2n) is 2.20. The lowest BCUT2D eigenvalue weighted by Gasteiger charge is -2.04. The van der Waals surface area contributed by atoms with Gasteiger partial charge in [0.1, 0.15) is 0 Å². The minimum Gasteiger partial charge on any atom is -0.385 e. The number of nitrogens with one attached hydrogen (secondary N) is 1. The Morgan fingerprint density at radius 2 is 2.10 bits per heavy atom. The number of hydrogen-bond donors (Lipinski definition) is 1. The van der Waals surface area contributed by atoms with Crippen LogP contribution in [-0.4, -0.2) is 6.54 Å². The van der Waals surface area contributed by atoms with Crippen molar-refractivity contribution < 1.29 is 0 Å². The summed E-state index contributed by atoms with van der Waals surface area (Å²) in [7, 11) is 0. The van der Waals surface area contributed by atoms with Crippen molar-refractivity contribution in [3.63, 3.8) is 0 Å². The first-order chi connectivity index (χ1) is 4.84. The van der Waals surface area contributed by atoms with Crippen LogP contribution < -0.4 is 5.32 Å². The summed E-state index contributed by atoms with van der Waals surface area (Å²) in [6.45, 7) is 7.86. The molecule has 1 heteroatoms. The van der Waals surface area contributed by atoms with Gasteiger partial charge in [-0.3, -0.25) is 0 Å². The largest absolute Gasteiger partial charge is 0.385 e. The molecular weight excluding hydrogens is 122 g/mol. The highest BCUT2D eigenvalue weighted by Gasteiger charge is 1.90. The van der Waals surface area contributed by atoms with Crippen LogP contribution in [0.2, 0.25) is 0 Å². The highest BCUT2D eigenvalue weighted by Crippen LogP contribution is 2.11. The molecule has 0 amide bonds. The molecule has 0 heterocycles. The first-order valence-corrected chi connectivity index (χ1v) is 3.34. The van der Waals surface area contributed by atoms with E-state index in [2.05, 4.69) is 18.3 Å². The van der Waals surface area contributed by atoms with Crippen LogP contribution in [0, 0.1) is 13.8 Å². The summed E-state index contributed by atoms with van der Waals surface area (Å²) >= 11 is 0. The summed E-state index contributed by atoms with van der Waals surface area (Å²) in [6.07, 6.45) is 0. The molecule has 0 unspecified atom stereocenters. The molecule has 1 nitrogen and oxygen atoms in total. The molecule has 0 bridgehead atoms. The van der Waals surface area contributed by atoms with Gasteiger partial charge in [-0.15, -0.1) is 0 Å². The molecule has 0 aromatic heterocycles. The van der Waals surface area contributed by atoms with Gasteiger partial charge in [-0.25, -0.2) is 0 Å². The number of aryl methyl sites for hydroxylation is 1. The van der Waals surface area contributed by atoms with Gasteiger partial charge in [0.15, 0.2) is 0 Å². The van der Waals surface area contributed by atoms with Crippen LogP contribution in [0.4, 0.5) is 5.69 Å². The zero-order valence-electron chi connectivity index (χ0n) is 6.09. The average molecular weight is 133 g/mol. The van der Waals surface area contributed by atoms with Gasteiger partial charge in [-0.2, -0.15) is 0 Å². The normalized spacial score (nSPS) is 9.40. The van der Waals surface area contributed by atoms with Gasteiger partial charge in [-0.05, 0) is 25.5 Å². The van der Waals surface area contributed by atoms with E-state index in [0.717, 1.165) is 5.69 Å². The van der Waals surface area contributed by atoms with E-state index in [9.17, 15) is 0 Å². The van der Waals surface area contributed by atoms with Crippen LogP contribution in [0.5, 0.6) is 0 Å². The molecular formula is C9H11N. The van der Waals surface area contributed by atoms with E-state index < -0.39 is 0 Å². The molecule has 0 aliphatic heterocycles. The molecule has 10 heavy (non-hydrogen) atoms. The number of anilines is 1. The molecule has 1 rings (SSSR count). The first kappa shape index (κ1) is 7.13. The van der Waals surface area contributed by atoms with Crippen molar-refractivity contribution in [1.29, 1.82) is 0 Å². The van der Waals surface area contributed by atoms with Gasteiger partial charge in [0.25, 0.3) is 0 Å². The van der Waals surface area contributed by atoms with E-state index in [1.807, 2.05) is 18.2 Å². The predicted molar refractivity (Wildman–Crippen MR) is 44.0 cm³/mol. The fourth-order valence-electron chi connectivity index (χ4n) is 0.881. The van der Waals surface area contributed by atoms with Gasteiger partial charge in [-0.1, -0.05) is 18.2 Å². The van der Waals surface area contributed by atoms with Gasteiger partial charge in [0.2, 0.25) is 0 Å². The Kier molecular flexibility index (Phi) is 2.32. The van der Waals surface area contributed by atoms with Crippen molar-refractivity contribution >= 4 is 5.69 Å². The molecule has 0 fully saturated rings. The summed E-state index contributed by atoms with van der Waals surface area (Å²) in [6, 6.07) is 8.07. The van der Waals surface area contributed by atoms with Gasteiger partial charge < -0.3 is 5.32 Å². The van der Waals surface area contributed by atoms with Crippen molar-refractivity contribution in [3.8, 4) is 0 Å². The Morgan fingerprint density at radius 3 is 2.70 bits per heavy atom. The summed E-state index contributed by atoms with van der Waals surface area (Å²) in [5.74, 6) is 0. The molecule has 0 aliphatic carbocycles. The lowest BCUT2D eigenvalue weighted by Crippen LogP contribution is -1.97. The SMILES string of the molecule is [CH]CNc1ccccc1C. The van der Waals surface area contributed by atoms with E-state index in [1.54, 1.807) is 0 Å². The van der Waals surface area contributed by atoms with Gasteiger partial charge in [0, 0.05) is 12.2 Å². The monoisotopic (exact) mass is 133 g/mol. The highest BCUT2D eigenvalue weighted by molar-refractivity contribution is 5.50. The maximum absolute atomic E-state index is 5.32.